The Kier molecular flexibility index (Phi) is 4.42. The molecule has 1 N–H and O–H groups in total. The highest BCUT2D eigenvalue weighted by Gasteiger charge is 2.40. The van der Waals surface area contributed by atoms with E-state index in [1.54, 1.807) is 4.90 Å². The molecule has 1 aliphatic rings. The van der Waals surface area contributed by atoms with Crippen LogP contribution in [0.2, 0.25) is 0 Å². The second kappa shape index (κ2) is 6.07. The van der Waals surface area contributed by atoms with Gasteiger partial charge in [-0.1, -0.05) is 51.1 Å². The normalized spacial score (nSPS) is 23.1. The fourth-order valence-electron chi connectivity index (χ4n) is 2.69. The van der Waals surface area contributed by atoms with Crippen molar-refractivity contribution in [3.05, 3.63) is 35.9 Å². The maximum absolute atomic E-state index is 12.5. The van der Waals surface area contributed by atoms with Gasteiger partial charge in [0.15, 0.2) is 0 Å². The van der Waals surface area contributed by atoms with Crippen molar-refractivity contribution >= 4 is 11.8 Å². The number of benzene rings is 1. The molecule has 0 radical (unpaired) electrons. The van der Waals surface area contributed by atoms with E-state index < -0.39 is 0 Å². The molecule has 4 nitrogen and oxygen atoms in total. The molecule has 4 heteroatoms. The van der Waals surface area contributed by atoms with Crippen molar-refractivity contribution in [2.45, 2.75) is 45.8 Å². The second-order valence-electron chi connectivity index (χ2n) is 5.61. The maximum Gasteiger partial charge on any atom is 0.246 e. The van der Waals surface area contributed by atoms with Crippen LogP contribution in [0.25, 0.3) is 0 Å². The van der Waals surface area contributed by atoms with Gasteiger partial charge in [0.05, 0.1) is 0 Å². The fraction of sp³-hybridized carbons (Fsp3) is 0.500. The Morgan fingerprint density at radius 1 is 1.20 bits per heavy atom. The molecule has 2 atom stereocenters. The van der Waals surface area contributed by atoms with Gasteiger partial charge in [0.25, 0.3) is 0 Å². The van der Waals surface area contributed by atoms with Crippen LogP contribution in [0.3, 0.4) is 0 Å². The first-order valence-corrected chi connectivity index (χ1v) is 7.19. The quantitative estimate of drug-likeness (QED) is 0.912. The highest BCUT2D eigenvalue weighted by molar-refractivity contribution is 5.97. The minimum Gasteiger partial charge on any atom is -0.343 e. The lowest BCUT2D eigenvalue weighted by atomic mass is 9.95. The van der Waals surface area contributed by atoms with Crippen LogP contribution in [-0.4, -0.2) is 28.8 Å². The van der Waals surface area contributed by atoms with E-state index in [1.165, 1.54) is 0 Å². The summed E-state index contributed by atoms with van der Waals surface area (Å²) in [4.78, 5) is 26.5. The van der Waals surface area contributed by atoms with Gasteiger partial charge in [0, 0.05) is 6.54 Å². The number of piperazine rings is 1. The molecule has 1 fully saturated rings. The lowest BCUT2D eigenvalue weighted by Gasteiger charge is -2.40. The number of nitrogens with zero attached hydrogens (tertiary/aromatic N) is 1. The number of carbonyl (C=O) groups is 2. The largest absolute Gasteiger partial charge is 0.343 e. The minimum absolute atomic E-state index is 0.0228. The third kappa shape index (κ3) is 2.84. The smallest absolute Gasteiger partial charge is 0.246 e. The van der Waals surface area contributed by atoms with Gasteiger partial charge < -0.3 is 10.2 Å². The standard InChI is InChI=1S/C16H22N2O2/c1-4-13-16(20)18(10-12-8-6-5-7-9-12)14(11(2)3)15(19)17-13/h5-9,11,13-14H,4,10H2,1-3H3,(H,17,19). The molecule has 1 heterocycles. The first-order valence-electron chi connectivity index (χ1n) is 7.19. The molecule has 1 aromatic rings. The highest BCUT2D eigenvalue weighted by atomic mass is 16.2. The van der Waals surface area contributed by atoms with Crippen molar-refractivity contribution in [3.8, 4) is 0 Å². The zero-order chi connectivity index (χ0) is 14.7. The number of amides is 2. The molecular weight excluding hydrogens is 252 g/mol. The van der Waals surface area contributed by atoms with Crippen LogP contribution < -0.4 is 5.32 Å². The van der Waals surface area contributed by atoms with Gasteiger partial charge in [0.1, 0.15) is 12.1 Å². The number of nitrogens with one attached hydrogen (secondary N) is 1. The number of hydrogen-bond donors (Lipinski definition) is 1. The first-order chi connectivity index (χ1) is 9.54. The Morgan fingerprint density at radius 3 is 2.40 bits per heavy atom. The molecule has 2 rings (SSSR count). The van der Waals surface area contributed by atoms with Crippen molar-refractivity contribution in [2.24, 2.45) is 5.92 Å². The second-order valence-corrected chi connectivity index (χ2v) is 5.61. The molecule has 1 saturated heterocycles. The van der Waals surface area contributed by atoms with Crippen LogP contribution in [0.1, 0.15) is 32.8 Å². The number of rotatable bonds is 4. The Bertz CT molecular complexity index is 485. The average Bonchev–Trinajstić information content (AvgIpc) is 2.43. The molecule has 1 aliphatic heterocycles. The van der Waals surface area contributed by atoms with Gasteiger partial charge in [-0.2, -0.15) is 0 Å². The number of carbonyl (C=O) groups excluding carboxylic acids is 2. The van der Waals surface area contributed by atoms with Crippen LogP contribution in [0.15, 0.2) is 30.3 Å². The summed E-state index contributed by atoms with van der Waals surface area (Å²) in [6.45, 7) is 6.36. The van der Waals surface area contributed by atoms with E-state index >= 15 is 0 Å². The van der Waals surface area contributed by atoms with Crippen molar-refractivity contribution in [2.75, 3.05) is 0 Å². The first kappa shape index (κ1) is 14.6. The lowest BCUT2D eigenvalue weighted by Crippen LogP contribution is -2.64. The monoisotopic (exact) mass is 274 g/mol. The van der Waals surface area contributed by atoms with E-state index in [1.807, 2.05) is 51.1 Å². The van der Waals surface area contributed by atoms with E-state index in [-0.39, 0.29) is 29.8 Å². The molecule has 2 amide bonds. The van der Waals surface area contributed by atoms with Crippen molar-refractivity contribution in [3.63, 3.8) is 0 Å². The summed E-state index contributed by atoms with van der Waals surface area (Å²) in [6.07, 6.45) is 0.626. The fourth-order valence-corrected chi connectivity index (χ4v) is 2.69. The highest BCUT2D eigenvalue weighted by Crippen LogP contribution is 2.21. The molecule has 0 aromatic heterocycles. The summed E-state index contributed by atoms with van der Waals surface area (Å²) in [7, 11) is 0. The average molecular weight is 274 g/mol. The van der Waals surface area contributed by atoms with Crippen LogP contribution in [0.5, 0.6) is 0 Å². The maximum atomic E-state index is 12.5. The molecule has 0 bridgehead atoms. The van der Waals surface area contributed by atoms with Gasteiger partial charge in [-0.25, -0.2) is 0 Å². The van der Waals surface area contributed by atoms with Crippen LogP contribution >= 0.6 is 0 Å². The molecule has 0 saturated carbocycles. The van der Waals surface area contributed by atoms with Gasteiger partial charge in [-0.3, -0.25) is 9.59 Å². The van der Waals surface area contributed by atoms with Gasteiger partial charge in [-0.05, 0) is 17.9 Å². The van der Waals surface area contributed by atoms with Crippen molar-refractivity contribution in [1.29, 1.82) is 0 Å². The predicted octanol–water partition coefficient (Wildman–Crippen LogP) is 1.95. The summed E-state index contributed by atoms with van der Waals surface area (Å²) in [5, 5.41) is 2.83. The minimum atomic E-state index is -0.388. The molecule has 20 heavy (non-hydrogen) atoms. The van der Waals surface area contributed by atoms with Crippen LogP contribution in [0, 0.1) is 5.92 Å². The Balaban J connectivity index is 2.27. The molecule has 2 unspecified atom stereocenters. The molecule has 108 valence electrons. The zero-order valence-corrected chi connectivity index (χ0v) is 12.3. The SMILES string of the molecule is CCC1NC(=O)C(C(C)C)N(Cc2ccccc2)C1=O. The predicted molar refractivity (Wildman–Crippen MR) is 77.8 cm³/mol. The van der Waals surface area contributed by atoms with Gasteiger partial charge >= 0.3 is 0 Å². The van der Waals surface area contributed by atoms with Gasteiger partial charge in [0.2, 0.25) is 11.8 Å². The topological polar surface area (TPSA) is 49.4 Å². The molecule has 0 spiro atoms. The van der Waals surface area contributed by atoms with E-state index in [0.29, 0.717) is 13.0 Å². The third-order valence-electron chi connectivity index (χ3n) is 3.74. The zero-order valence-electron chi connectivity index (χ0n) is 12.3. The summed E-state index contributed by atoms with van der Waals surface area (Å²) in [6, 6.07) is 9.04. The summed E-state index contributed by atoms with van der Waals surface area (Å²) in [5.41, 5.74) is 1.05. The van der Waals surface area contributed by atoms with Crippen LogP contribution in [-0.2, 0) is 16.1 Å². The van der Waals surface area contributed by atoms with E-state index in [0.717, 1.165) is 5.56 Å². The summed E-state index contributed by atoms with van der Waals surface area (Å²) >= 11 is 0. The van der Waals surface area contributed by atoms with Crippen molar-refractivity contribution in [1.82, 2.24) is 10.2 Å². The summed E-state index contributed by atoms with van der Waals surface area (Å²) in [5.74, 6) is 0.0810. The Morgan fingerprint density at radius 2 is 1.85 bits per heavy atom. The molecular formula is C16H22N2O2. The van der Waals surface area contributed by atoms with E-state index in [9.17, 15) is 9.59 Å². The van der Waals surface area contributed by atoms with E-state index in [2.05, 4.69) is 5.32 Å². The van der Waals surface area contributed by atoms with Crippen molar-refractivity contribution < 1.29 is 9.59 Å². The number of hydrogen-bond acceptors (Lipinski definition) is 2. The Labute approximate surface area is 120 Å². The summed E-state index contributed by atoms with van der Waals surface area (Å²) < 4.78 is 0. The van der Waals surface area contributed by atoms with Crippen LogP contribution in [0.4, 0.5) is 0 Å². The molecule has 0 aliphatic carbocycles. The van der Waals surface area contributed by atoms with E-state index in [4.69, 9.17) is 0 Å². The van der Waals surface area contributed by atoms with Gasteiger partial charge in [-0.15, -0.1) is 0 Å². The lowest BCUT2D eigenvalue weighted by molar-refractivity contribution is -0.152. The molecule has 1 aromatic carbocycles. The Hall–Kier alpha value is -1.84. The third-order valence-corrected chi connectivity index (χ3v) is 3.74.